The second kappa shape index (κ2) is 9.27. The van der Waals surface area contributed by atoms with Crippen molar-refractivity contribution in [3.63, 3.8) is 0 Å². The summed E-state index contributed by atoms with van der Waals surface area (Å²) >= 11 is 1.31. The number of nitrogens with one attached hydrogen (secondary N) is 1. The molecule has 0 saturated carbocycles. The van der Waals surface area contributed by atoms with Crippen molar-refractivity contribution in [2.24, 2.45) is 0 Å². The molecule has 0 bridgehead atoms. The summed E-state index contributed by atoms with van der Waals surface area (Å²) in [6.07, 6.45) is 1.64. The molecule has 1 fully saturated rings. The summed E-state index contributed by atoms with van der Waals surface area (Å²) in [7, 11) is -3.67. The van der Waals surface area contributed by atoms with Crippen molar-refractivity contribution in [1.29, 1.82) is 0 Å². The zero-order valence-electron chi connectivity index (χ0n) is 17.4. The summed E-state index contributed by atoms with van der Waals surface area (Å²) in [5, 5.41) is 15.0. The second-order valence-corrected chi connectivity index (χ2v) is 10.0. The summed E-state index contributed by atoms with van der Waals surface area (Å²) in [5.41, 5.74) is 1.04. The van der Waals surface area contributed by atoms with Crippen molar-refractivity contribution in [3.05, 3.63) is 53.5 Å². The third kappa shape index (κ3) is 4.62. The molecule has 0 radical (unpaired) electrons. The van der Waals surface area contributed by atoms with Crippen LogP contribution in [0.15, 0.2) is 52.7 Å². The van der Waals surface area contributed by atoms with Crippen LogP contribution in [0.5, 0.6) is 11.5 Å². The van der Waals surface area contributed by atoms with Crippen LogP contribution in [0, 0.1) is 0 Å². The first-order chi connectivity index (χ1) is 15.4. The molecule has 3 aromatic rings. The van der Waals surface area contributed by atoms with E-state index < -0.39 is 15.9 Å². The summed E-state index contributed by atoms with van der Waals surface area (Å²) < 4.78 is 32.4. The summed E-state index contributed by atoms with van der Waals surface area (Å²) in [4.78, 5) is 17.1. The molecule has 1 aliphatic rings. The number of sulfonamides is 1. The first-order valence-electron chi connectivity index (χ1n) is 10.2. The Balaban J connectivity index is 1.52. The highest BCUT2D eigenvalue weighted by atomic mass is 32.2. The Hall–Kier alpha value is -2.95. The number of amides is 1. The Morgan fingerprint density at radius 3 is 2.59 bits per heavy atom. The van der Waals surface area contributed by atoms with Crippen LogP contribution in [0.2, 0.25) is 0 Å². The van der Waals surface area contributed by atoms with Gasteiger partial charge in [-0.15, -0.1) is 11.3 Å². The number of carbonyl (C=O) groups excluding carboxylic acids is 1. The number of ether oxygens (including phenoxy) is 1. The number of nitrogens with zero attached hydrogens (tertiary/aromatic N) is 2. The van der Waals surface area contributed by atoms with Crippen molar-refractivity contribution in [2.45, 2.75) is 24.7 Å². The van der Waals surface area contributed by atoms with Gasteiger partial charge in [0.1, 0.15) is 22.2 Å². The van der Waals surface area contributed by atoms with Crippen LogP contribution in [0.25, 0.3) is 10.6 Å². The Labute approximate surface area is 190 Å². The Morgan fingerprint density at radius 2 is 1.91 bits per heavy atom. The summed E-state index contributed by atoms with van der Waals surface area (Å²) in [6, 6.07) is 11.3. The molecular weight excluding hydrogens is 450 g/mol. The van der Waals surface area contributed by atoms with E-state index in [1.165, 1.54) is 33.8 Å². The van der Waals surface area contributed by atoms with Crippen molar-refractivity contribution >= 4 is 33.0 Å². The normalized spacial score (nSPS) is 14.4. The Morgan fingerprint density at radius 1 is 1.19 bits per heavy atom. The minimum absolute atomic E-state index is 0.0193. The number of benzene rings is 2. The zero-order valence-corrected chi connectivity index (χ0v) is 19.1. The number of phenolic OH excluding ortho intramolecular Hbond substituents is 1. The minimum Gasteiger partial charge on any atom is -0.506 e. The summed E-state index contributed by atoms with van der Waals surface area (Å²) in [5.74, 6) is -0.00448. The minimum atomic E-state index is -3.67. The van der Waals surface area contributed by atoms with Gasteiger partial charge in [-0.05, 0) is 62.2 Å². The number of rotatable bonds is 7. The van der Waals surface area contributed by atoms with Crippen molar-refractivity contribution < 1.29 is 23.1 Å². The molecule has 1 saturated heterocycles. The van der Waals surface area contributed by atoms with E-state index in [1.807, 2.05) is 31.2 Å². The molecule has 0 atom stereocenters. The molecule has 1 aromatic heterocycles. The van der Waals surface area contributed by atoms with Gasteiger partial charge < -0.3 is 15.2 Å². The molecule has 0 unspecified atom stereocenters. The molecule has 2 aromatic carbocycles. The van der Waals surface area contributed by atoms with E-state index in [4.69, 9.17) is 4.74 Å². The number of aromatic hydroxyl groups is 1. The third-order valence-electron chi connectivity index (χ3n) is 5.07. The zero-order chi connectivity index (χ0) is 22.7. The number of carbonyl (C=O) groups is 1. The monoisotopic (exact) mass is 473 g/mol. The SMILES string of the molecule is CCOc1ccc(-c2nc(C(=O)Nc3cc(S(=O)(=O)N4CCCC4)ccc3O)cs2)cc1. The molecule has 8 nitrogen and oxygen atoms in total. The first-order valence-corrected chi connectivity index (χ1v) is 12.5. The van der Waals surface area contributed by atoms with Gasteiger partial charge in [0.15, 0.2) is 0 Å². The van der Waals surface area contributed by atoms with Crippen molar-refractivity contribution in [3.8, 4) is 22.1 Å². The lowest BCUT2D eigenvalue weighted by Crippen LogP contribution is -2.28. The Kier molecular flexibility index (Phi) is 6.45. The van der Waals surface area contributed by atoms with Gasteiger partial charge >= 0.3 is 0 Å². The maximum atomic E-state index is 12.8. The van der Waals surface area contributed by atoms with Crippen LogP contribution in [0.4, 0.5) is 5.69 Å². The molecule has 1 amide bonds. The quantitative estimate of drug-likeness (QED) is 0.503. The number of anilines is 1. The van der Waals surface area contributed by atoms with Gasteiger partial charge in [0.2, 0.25) is 10.0 Å². The van der Waals surface area contributed by atoms with Crippen LogP contribution in [-0.2, 0) is 10.0 Å². The van der Waals surface area contributed by atoms with Gasteiger partial charge in [0.25, 0.3) is 5.91 Å². The lowest BCUT2D eigenvalue weighted by molar-refractivity contribution is 0.102. The average Bonchev–Trinajstić information content (AvgIpc) is 3.49. The average molecular weight is 474 g/mol. The highest BCUT2D eigenvalue weighted by Gasteiger charge is 2.28. The number of hydrogen-bond acceptors (Lipinski definition) is 7. The topological polar surface area (TPSA) is 109 Å². The smallest absolute Gasteiger partial charge is 0.275 e. The lowest BCUT2D eigenvalue weighted by atomic mass is 10.2. The largest absolute Gasteiger partial charge is 0.506 e. The fourth-order valence-electron chi connectivity index (χ4n) is 3.41. The van der Waals surface area contributed by atoms with Gasteiger partial charge in [-0.1, -0.05) is 0 Å². The fourth-order valence-corrected chi connectivity index (χ4v) is 5.76. The molecular formula is C22H23N3O5S2. The van der Waals surface area contributed by atoms with Crippen molar-refractivity contribution in [2.75, 3.05) is 25.0 Å². The van der Waals surface area contributed by atoms with E-state index in [0.717, 1.165) is 24.2 Å². The molecule has 1 aliphatic heterocycles. The molecule has 0 aliphatic carbocycles. The van der Waals surface area contributed by atoms with Crippen LogP contribution in [0.1, 0.15) is 30.3 Å². The number of aromatic nitrogens is 1. The number of hydrogen-bond donors (Lipinski definition) is 2. The van der Waals surface area contributed by atoms with Crippen molar-refractivity contribution in [1.82, 2.24) is 9.29 Å². The molecule has 2 N–H and O–H groups in total. The number of thiazole rings is 1. The molecule has 0 spiro atoms. The third-order valence-corrected chi connectivity index (χ3v) is 7.85. The predicted octanol–water partition coefficient (Wildman–Crippen LogP) is 3.95. The predicted molar refractivity (Wildman–Crippen MR) is 123 cm³/mol. The van der Waals surface area contributed by atoms with Gasteiger partial charge in [-0.2, -0.15) is 4.31 Å². The van der Waals surface area contributed by atoms with Gasteiger partial charge in [0, 0.05) is 24.0 Å². The van der Waals surface area contributed by atoms with E-state index in [9.17, 15) is 18.3 Å². The molecule has 4 rings (SSSR count). The Bertz CT molecular complexity index is 1220. The molecule has 10 heteroatoms. The summed E-state index contributed by atoms with van der Waals surface area (Å²) in [6.45, 7) is 3.43. The maximum Gasteiger partial charge on any atom is 0.275 e. The van der Waals surface area contributed by atoms with Crippen LogP contribution < -0.4 is 10.1 Å². The second-order valence-electron chi connectivity index (χ2n) is 7.24. The van der Waals surface area contributed by atoms with Crippen LogP contribution in [-0.4, -0.2) is 48.4 Å². The lowest BCUT2D eigenvalue weighted by Gasteiger charge is -2.16. The highest BCUT2D eigenvalue weighted by molar-refractivity contribution is 7.89. The van der Waals surface area contributed by atoms with E-state index in [-0.39, 0.29) is 22.0 Å². The maximum absolute atomic E-state index is 12.8. The van der Waals surface area contributed by atoms with Gasteiger partial charge in [0.05, 0.1) is 17.2 Å². The molecule has 2 heterocycles. The van der Waals surface area contributed by atoms with Crippen LogP contribution >= 0.6 is 11.3 Å². The van der Waals surface area contributed by atoms with E-state index >= 15 is 0 Å². The fraction of sp³-hybridized carbons (Fsp3) is 0.273. The van der Waals surface area contributed by atoms with E-state index in [0.29, 0.717) is 24.7 Å². The van der Waals surface area contributed by atoms with Gasteiger partial charge in [-0.25, -0.2) is 13.4 Å². The number of phenols is 1. The van der Waals surface area contributed by atoms with Gasteiger partial charge in [-0.3, -0.25) is 4.79 Å². The molecule has 32 heavy (non-hydrogen) atoms. The van der Waals surface area contributed by atoms with E-state index in [1.54, 1.807) is 5.38 Å². The first kappa shape index (κ1) is 22.3. The van der Waals surface area contributed by atoms with Crippen LogP contribution in [0.3, 0.4) is 0 Å². The standard InChI is InChI=1S/C22H23N3O5S2/c1-2-30-16-7-5-15(6-8-16)22-24-19(14-31-22)21(27)23-18-13-17(9-10-20(18)26)32(28,29)25-11-3-4-12-25/h5-10,13-14,26H,2-4,11-12H2,1H3,(H,23,27). The van der Waals surface area contributed by atoms with E-state index in [2.05, 4.69) is 10.3 Å². The molecule has 168 valence electrons. The highest BCUT2D eigenvalue weighted by Crippen LogP contribution is 2.30.